The van der Waals surface area contributed by atoms with Crippen molar-refractivity contribution in [3.05, 3.63) is 23.2 Å². The summed E-state index contributed by atoms with van der Waals surface area (Å²) in [5.74, 6) is 0.0489. The number of phenolic OH excluding ortho intramolecular Hbond substituents is 1. The second kappa shape index (κ2) is 5.41. The van der Waals surface area contributed by atoms with E-state index in [-0.39, 0.29) is 28.0 Å². The maximum Gasteiger partial charge on any atom is 0.228 e. The summed E-state index contributed by atoms with van der Waals surface area (Å²) in [4.78, 5) is 12.4. The Morgan fingerprint density at radius 3 is 2.79 bits per heavy atom. The fourth-order valence-electron chi connectivity index (χ4n) is 2.80. The molecule has 1 aliphatic carbocycles. The van der Waals surface area contributed by atoms with Crippen LogP contribution in [-0.4, -0.2) is 11.0 Å². The minimum Gasteiger partial charge on any atom is -0.506 e. The number of phenols is 1. The summed E-state index contributed by atoms with van der Waals surface area (Å²) in [6.45, 7) is 4.30. The Kier molecular flexibility index (Phi) is 4.04. The molecule has 0 spiro atoms. The molecule has 1 aromatic carbocycles. The Hall–Kier alpha value is -1.22. The Bertz CT molecular complexity index is 485. The lowest BCUT2D eigenvalue weighted by Gasteiger charge is -2.37. The van der Waals surface area contributed by atoms with E-state index in [0.717, 1.165) is 19.3 Å². The fraction of sp³-hybridized carbons (Fsp3) is 0.533. The van der Waals surface area contributed by atoms with Crippen LogP contribution in [0.15, 0.2) is 18.2 Å². The van der Waals surface area contributed by atoms with E-state index in [4.69, 9.17) is 11.6 Å². The molecule has 0 bridgehead atoms. The molecule has 19 heavy (non-hydrogen) atoms. The third-order valence-corrected chi connectivity index (χ3v) is 4.36. The predicted octanol–water partition coefficient (Wildman–Crippen LogP) is 4.20. The van der Waals surface area contributed by atoms with E-state index in [1.165, 1.54) is 12.5 Å². The van der Waals surface area contributed by atoms with Crippen LogP contribution < -0.4 is 5.32 Å². The second-order valence-corrected chi connectivity index (χ2v) is 6.35. The van der Waals surface area contributed by atoms with Crippen molar-refractivity contribution in [1.29, 1.82) is 0 Å². The minimum absolute atomic E-state index is 0.0117. The molecule has 3 nitrogen and oxygen atoms in total. The summed E-state index contributed by atoms with van der Waals surface area (Å²) in [6.07, 6.45) is 4.31. The number of aromatic hydroxyl groups is 1. The number of benzene rings is 1. The van der Waals surface area contributed by atoms with Gasteiger partial charge in [0.15, 0.2) is 0 Å². The predicted molar refractivity (Wildman–Crippen MR) is 77.5 cm³/mol. The quantitative estimate of drug-likeness (QED) is 0.853. The number of anilines is 1. The van der Waals surface area contributed by atoms with Gasteiger partial charge in [-0.3, -0.25) is 4.79 Å². The topological polar surface area (TPSA) is 49.3 Å². The molecule has 1 aliphatic rings. The molecule has 1 amide bonds. The highest BCUT2D eigenvalue weighted by molar-refractivity contribution is 6.32. The third kappa shape index (κ3) is 3.21. The summed E-state index contributed by atoms with van der Waals surface area (Å²) in [5.41, 5.74) is 0.629. The van der Waals surface area contributed by atoms with Crippen LogP contribution in [-0.2, 0) is 4.79 Å². The lowest BCUT2D eigenvalue weighted by atomic mass is 9.68. The van der Waals surface area contributed by atoms with Crippen molar-refractivity contribution in [2.24, 2.45) is 11.3 Å². The van der Waals surface area contributed by atoms with Gasteiger partial charge in [-0.15, -0.1) is 0 Å². The largest absolute Gasteiger partial charge is 0.506 e. The number of nitrogens with one attached hydrogen (secondary N) is 1. The highest BCUT2D eigenvalue weighted by Gasteiger charge is 2.37. The normalized spacial score (nSPS) is 21.9. The molecule has 1 saturated carbocycles. The van der Waals surface area contributed by atoms with Crippen molar-refractivity contribution in [2.45, 2.75) is 39.5 Å². The van der Waals surface area contributed by atoms with Crippen LogP contribution in [0.3, 0.4) is 0 Å². The van der Waals surface area contributed by atoms with Gasteiger partial charge in [-0.2, -0.15) is 0 Å². The summed E-state index contributed by atoms with van der Waals surface area (Å²) >= 11 is 5.75. The first-order valence-corrected chi connectivity index (χ1v) is 7.07. The number of carbonyl (C=O) groups is 1. The van der Waals surface area contributed by atoms with Gasteiger partial charge in [-0.25, -0.2) is 0 Å². The lowest BCUT2D eigenvalue weighted by Crippen LogP contribution is -2.37. The number of amides is 1. The highest BCUT2D eigenvalue weighted by Crippen LogP contribution is 2.41. The first-order valence-electron chi connectivity index (χ1n) is 6.69. The molecular weight excluding hydrogens is 262 g/mol. The van der Waals surface area contributed by atoms with Crippen LogP contribution in [0.1, 0.15) is 39.5 Å². The van der Waals surface area contributed by atoms with Crippen LogP contribution >= 0.6 is 11.6 Å². The highest BCUT2D eigenvalue weighted by atomic mass is 35.5. The molecule has 4 heteroatoms. The van der Waals surface area contributed by atoms with Crippen LogP contribution in [0.25, 0.3) is 0 Å². The number of hydrogen-bond donors (Lipinski definition) is 2. The number of carbonyl (C=O) groups excluding carboxylic acids is 1. The van der Waals surface area contributed by atoms with Crippen LogP contribution in [0, 0.1) is 11.3 Å². The average molecular weight is 282 g/mol. The van der Waals surface area contributed by atoms with Crippen molar-refractivity contribution < 1.29 is 9.90 Å². The van der Waals surface area contributed by atoms with E-state index >= 15 is 0 Å². The summed E-state index contributed by atoms with van der Waals surface area (Å²) < 4.78 is 0. The van der Waals surface area contributed by atoms with Crippen molar-refractivity contribution >= 4 is 23.2 Å². The van der Waals surface area contributed by atoms with Crippen LogP contribution in [0.4, 0.5) is 5.69 Å². The molecule has 2 rings (SSSR count). The van der Waals surface area contributed by atoms with E-state index in [1.54, 1.807) is 12.1 Å². The summed E-state index contributed by atoms with van der Waals surface area (Å²) in [7, 11) is 0. The Morgan fingerprint density at radius 1 is 1.42 bits per heavy atom. The third-order valence-electron chi connectivity index (χ3n) is 4.04. The number of rotatable bonds is 2. The number of hydrogen-bond acceptors (Lipinski definition) is 2. The maximum absolute atomic E-state index is 12.4. The monoisotopic (exact) mass is 281 g/mol. The second-order valence-electron chi connectivity index (χ2n) is 5.94. The zero-order valence-electron chi connectivity index (χ0n) is 11.4. The van der Waals surface area contributed by atoms with Gasteiger partial charge < -0.3 is 10.4 Å². The molecular formula is C15H20ClNO2. The average Bonchev–Trinajstić information content (AvgIpc) is 2.33. The molecule has 0 aromatic heterocycles. The van der Waals surface area contributed by atoms with E-state index in [2.05, 4.69) is 19.2 Å². The molecule has 1 fully saturated rings. The van der Waals surface area contributed by atoms with Gasteiger partial charge >= 0.3 is 0 Å². The maximum atomic E-state index is 12.4. The van der Waals surface area contributed by atoms with Gasteiger partial charge in [0, 0.05) is 17.7 Å². The molecule has 104 valence electrons. The molecule has 2 N–H and O–H groups in total. The van der Waals surface area contributed by atoms with Gasteiger partial charge in [0.1, 0.15) is 5.75 Å². The van der Waals surface area contributed by atoms with Gasteiger partial charge in [-0.05, 0) is 30.4 Å². The minimum atomic E-state index is -0.0117. The van der Waals surface area contributed by atoms with Gasteiger partial charge in [-0.1, -0.05) is 38.3 Å². The van der Waals surface area contributed by atoms with E-state index in [9.17, 15) is 9.90 Å². The SMILES string of the molecule is CC1(C)CCCCC1C(=O)Nc1ccc(Cl)c(O)c1. The molecule has 1 unspecified atom stereocenters. The molecule has 1 atom stereocenters. The zero-order valence-corrected chi connectivity index (χ0v) is 12.1. The van der Waals surface area contributed by atoms with Crippen LogP contribution in [0.2, 0.25) is 5.02 Å². The molecule has 0 radical (unpaired) electrons. The zero-order chi connectivity index (χ0) is 14.0. The van der Waals surface area contributed by atoms with E-state index in [0.29, 0.717) is 5.69 Å². The smallest absolute Gasteiger partial charge is 0.228 e. The van der Waals surface area contributed by atoms with Gasteiger partial charge in [0.25, 0.3) is 0 Å². The van der Waals surface area contributed by atoms with E-state index < -0.39 is 0 Å². The first kappa shape index (κ1) is 14.2. The fourth-order valence-corrected chi connectivity index (χ4v) is 2.92. The summed E-state index contributed by atoms with van der Waals surface area (Å²) in [5, 5.41) is 12.7. The van der Waals surface area contributed by atoms with Crippen LogP contribution in [0.5, 0.6) is 5.75 Å². The standard InChI is InChI=1S/C15H20ClNO2/c1-15(2)8-4-3-5-11(15)14(19)17-10-6-7-12(16)13(18)9-10/h6-7,9,11,18H,3-5,8H2,1-2H3,(H,17,19). The first-order chi connectivity index (χ1) is 8.90. The lowest BCUT2D eigenvalue weighted by molar-refractivity contribution is -0.124. The molecule has 0 saturated heterocycles. The van der Waals surface area contributed by atoms with Crippen molar-refractivity contribution in [2.75, 3.05) is 5.32 Å². The Balaban J connectivity index is 2.09. The Morgan fingerprint density at radius 2 is 2.16 bits per heavy atom. The van der Waals surface area contributed by atoms with Crippen molar-refractivity contribution in [3.8, 4) is 5.75 Å². The summed E-state index contributed by atoms with van der Waals surface area (Å²) in [6, 6.07) is 4.77. The van der Waals surface area contributed by atoms with Crippen molar-refractivity contribution in [1.82, 2.24) is 0 Å². The Labute approximate surface area is 119 Å². The van der Waals surface area contributed by atoms with E-state index in [1.807, 2.05) is 0 Å². The molecule has 0 heterocycles. The molecule has 1 aromatic rings. The van der Waals surface area contributed by atoms with Crippen molar-refractivity contribution in [3.63, 3.8) is 0 Å². The van der Waals surface area contributed by atoms with Gasteiger partial charge in [0.05, 0.1) is 5.02 Å². The van der Waals surface area contributed by atoms with Gasteiger partial charge in [0.2, 0.25) is 5.91 Å². The molecule has 0 aliphatic heterocycles. The number of halogens is 1.